The van der Waals surface area contributed by atoms with Crippen LogP contribution in [0.1, 0.15) is 12.0 Å². The normalized spacial score (nSPS) is 18.2. The zero-order chi connectivity index (χ0) is 15.2. The minimum absolute atomic E-state index is 0.313. The van der Waals surface area contributed by atoms with Crippen molar-refractivity contribution >= 4 is 29.2 Å². The molecule has 0 saturated carbocycles. The highest BCUT2D eigenvalue weighted by Gasteiger charge is 2.34. The molecule has 3 N–H and O–H groups in total. The molecule has 1 fully saturated rings. The maximum atomic E-state index is 12.1. The Balaban J connectivity index is 1.88. The van der Waals surface area contributed by atoms with Crippen molar-refractivity contribution < 1.29 is 19.5 Å². The van der Waals surface area contributed by atoms with E-state index in [1.54, 1.807) is 11.3 Å². The minimum Gasteiger partial charge on any atom is -0.481 e. The number of nitrogens with zero attached hydrogens (tertiary/aromatic N) is 1. The van der Waals surface area contributed by atoms with Crippen LogP contribution in [-0.4, -0.2) is 53.6 Å². The molecule has 0 spiro atoms. The molecule has 0 aromatic carbocycles. The lowest BCUT2D eigenvalue weighted by Gasteiger charge is -2.34. The fourth-order valence-electron chi connectivity index (χ4n) is 2.18. The number of hydrogen-bond donors (Lipinski definition) is 3. The Labute approximate surface area is 125 Å². The predicted molar refractivity (Wildman–Crippen MR) is 77.2 cm³/mol. The van der Waals surface area contributed by atoms with Crippen LogP contribution in [0.5, 0.6) is 0 Å². The summed E-state index contributed by atoms with van der Waals surface area (Å²) in [6.45, 7) is 1.11. The van der Waals surface area contributed by atoms with Crippen molar-refractivity contribution in [3.8, 4) is 0 Å². The van der Waals surface area contributed by atoms with Crippen LogP contribution in [0.15, 0.2) is 16.8 Å². The predicted octanol–water partition coefficient (Wildman–Crippen LogP) is 0.275. The number of aliphatic carboxylic acids is 1. The van der Waals surface area contributed by atoms with Crippen LogP contribution in [0.25, 0.3) is 0 Å². The molecule has 21 heavy (non-hydrogen) atoms. The van der Waals surface area contributed by atoms with Crippen LogP contribution in [0.2, 0.25) is 0 Å². The third-order valence-electron chi connectivity index (χ3n) is 3.23. The zero-order valence-electron chi connectivity index (χ0n) is 11.4. The first-order valence-electron chi connectivity index (χ1n) is 6.63. The van der Waals surface area contributed by atoms with Crippen LogP contribution in [-0.2, 0) is 16.0 Å². The number of urea groups is 1. The quantitative estimate of drug-likeness (QED) is 0.727. The standard InChI is InChI=1S/C13H17N3O4S/c17-11(18)7-10-12(19)14-4-5-16(10)13(20)15-3-1-9-2-6-21-8-9/h2,6,8,10H,1,3-5,7H2,(H,14,19)(H,15,20)(H,17,18). The first-order chi connectivity index (χ1) is 10.1. The van der Waals surface area contributed by atoms with Gasteiger partial charge in [0.15, 0.2) is 0 Å². The molecule has 1 saturated heterocycles. The highest BCUT2D eigenvalue weighted by molar-refractivity contribution is 7.07. The molecular weight excluding hydrogens is 294 g/mol. The lowest BCUT2D eigenvalue weighted by molar-refractivity contribution is -0.142. The molecule has 2 rings (SSSR count). The third-order valence-corrected chi connectivity index (χ3v) is 3.96. The van der Waals surface area contributed by atoms with Gasteiger partial charge in [-0.05, 0) is 28.8 Å². The number of carboxylic acid groups (broad SMARTS) is 1. The van der Waals surface area contributed by atoms with Crippen molar-refractivity contribution in [1.82, 2.24) is 15.5 Å². The summed E-state index contributed by atoms with van der Waals surface area (Å²) < 4.78 is 0. The summed E-state index contributed by atoms with van der Waals surface area (Å²) in [5.41, 5.74) is 1.14. The SMILES string of the molecule is O=C(O)CC1C(=O)NCCN1C(=O)NCCc1ccsc1. The summed E-state index contributed by atoms with van der Waals surface area (Å²) >= 11 is 1.59. The zero-order valence-corrected chi connectivity index (χ0v) is 12.2. The molecule has 8 heteroatoms. The van der Waals surface area contributed by atoms with Gasteiger partial charge in [0.25, 0.3) is 0 Å². The van der Waals surface area contributed by atoms with Gasteiger partial charge in [0.2, 0.25) is 5.91 Å². The number of carbonyl (C=O) groups is 3. The Morgan fingerprint density at radius 1 is 1.52 bits per heavy atom. The van der Waals surface area contributed by atoms with Crippen molar-refractivity contribution in [2.45, 2.75) is 18.9 Å². The van der Waals surface area contributed by atoms with Crippen molar-refractivity contribution in [1.29, 1.82) is 0 Å². The summed E-state index contributed by atoms with van der Waals surface area (Å²) in [4.78, 5) is 35.9. The van der Waals surface area contributed by atoms with Gasteiger partial charge in [-0.1, -0.05) is 0 Å². The van der Waals surface area contributed by atoms with E-state index in [4.69, 9.17) is 5.11 Å². The van der Waals surface area contributed by atoms with Crippen LogP contribution >= 0.6 is 11.3 Å². The van der Waals surface area contributed by atoms with Gasteiger partial charge in [0.1, 0.15) is 6.04 Å². The lowest BCUT2D eigenvalue weighted by Crippen LogP contribution is -2.60. The molecule has 1 aromatic rings. The second kappa shape index (κ2) is 7.07. The van der Waals surface area contributed by atoms with Crippen molar-refractivity contribution in [3.05, 3.63) is 22.4 Å². The Morgan fingerprint density at radius 3 is 3.00 bits per heavy atom. The van der Waals surface area contributed by atoms with E-state index in [9.17, 15) is 14.4 Å². The average Bonchev–Trinajstić information content (AvgIpc) is 2.93. The van der Waals surface area contributed by atoms with Crippen LogP contribution in [0, 0.1) is 0 Å². The summed E-state index contributed by atoms with van der Waals surface area (Å²) in [6, 6.07) is 0.641. The van der Waals surface area contributed by atoms with Gasteiger partial charge in [-0.15, -0.1) is 0 Å². The maximum Gasteiger partial charge on any atom is 0.318 e. The van der Waals surface area contributed by atoms with E-state index in [1.807, 2.05) is 16.8 Å². The van der Waals surface area contributed by atoms with E-state index < -0.39 is 23.9 Å². The number of carbonyl (C=O) groups excluding carboxylic acids is 2. The second-order valence-corrected chi connectivity index (χ2v) is 5.49. The lowest BCUT2D eigenvalue weighted by atomic mass is 10.1. The van der Waals surface area contributed by atoms with Gasteiger partial charge in [0.05, 0.1) is 6.42 Å². The van der Waals surface area contributed by atoms with Gasteiger partial charge in [-0.2, -0.15) is 11.3 Å². The molecule has 1 atom stereocenters. The Hall–Kier alpha value is -2.09. The first-order valence-corrected chi connectivity index (χ1v) is 7.57. The van der Waals surface area contributed by atoms with Gasteiger partial charge < -0.3 is 20.6 Å². The van der Waals surface area contributed by atoms with Crippen LogP contribution < -0.4 is 10.6 Å². The number of amides is 3. The van der Waals surface area contributed by atoms with E-state index in [-0.39, 0.29) is 6.42 Å². The number of nitrogens with one attached hydrogen (secondary N) is 2. The third kappa shape index (κ3) is 4.19. The van der Waals surface area contributed by atoms with Gasteiger partial charge in [-0.25, -0.2) is 4.79 Å². The van der Waals surface area contributed by atoms with Gasteiger partial charge in [0, 0.05) is 19.6 Å². The molecule has 114 valence electrons. The fraction of sp³-hybridized carbons (Fsp3) is 0.462. The molecule has 1 aliphatic rings. The number of rotatable bonds is 5. The molecule has 1 aromatic heterocycles. The van der Waals surface area contributed by atoms with E-state index in [1.165, 1.54) is 4.90 Å². The molecule has 7 nitrogen and oxygen atoms in total. The maximum absolute atomic E-state index is 12.1. The largest absolute Gasteiger partial charge is 0.481 e. The summed E-state index contributed by atoms with van der Waals surface area (Å²) in [7, 11) is 0. The molecule has 0 bridgehead atoms. The van der Waals surface area contributed by atoms with Crippen molar-refractivity contribution in [3.63, 3.8) is 0 Å². The molecule has 0 radical (unpaired) electrons. The molecular formula is C13H17N3O4S. The smallest absolute Gasteiger partial charge is 0.318 e. The Kier molecular flexibility index (Phi) is 5.15. The average molecular weight is 311 g/mol. The summed E-state index contributed by atoms with van der Waals surface area (Å²) in [5.74, 6) is -1.52. The summed E-state index contributed by atoms with van der Waals surface area (Å²) in [6.07, 6.45) is 0.322. The number of carboxylic acids is 1. The number of piperazine rings is 1. The first kappa shape index (κ1) is 15.3. The monoisotopic (exact) mass is 311 g/mol. The topological polar surface area (TPSA) is 98.7 Å². The van der Waals surface area contributed by atoms with E-state index in [2.05, 4.69) is 10.6 Å². The summed E-state index contributed by atoms with van der Waals surface area (Å²) in [5, 5.41) is 18.1. The van der Waals surface area contributed by atoms with Gasteiger partial charge >= 0.3 is 12.0 Å². The van der Waals surface area contributed by atoms with Crippen molar-refractivity contribution in [2.24, 2.45) is 0 Å². The molecule has 3 amide bonds. The van der Waals surface area contributed by atoms with Crippen LogP contribution in [0.3, 0.4) is 0 Å². The molecule has 2 heterocycles. The molecule has 1 aliphatic heterocycles. The number of hydrogen-bond acceptors (Lipinski definition) is 4. The fourth-order valence-corrected chi connectivity index (χ4v) is 2.88. The highest BCUT2D eigenvalue weighted by Crippen LogP contribution is 2.10. The van der Waals surface area contributed by atoms with E-state index in [0.717, 1.165) is 5.56 Å². The van der Waals surface area contributed by atoms with E-state index >= 15 is 0 Å². The van der Waals surface area contributed by atoms with E-state index in [0.29, 0.717) is 26.1 Å². The molecule has 0 aliphatic carbocycles. The minimum atomic E-state index is -1.10. The van der Waals surface area contributed by atoms with Crippen molar-refractivity contribution in [2.75, 3.05) is 19.6 Å². The van der Waals surface area contributed by atoms with Gasteiger partial charge in [-0.3, -0.25) is 9.59 Å². The Bertz CT molecular complexity index is 517. The van der Waals surface area contributed by atoms with Crippen LogP contribution in [0.4, 0.5) is 4.79 Å². The molecule has 1 unspecified atom stereocenters. The second-order valence-electron chi connectivity index (χ2n) is 4.71. The number of thiophene rings is 1. The highest BCUT2D eigenvalue weighted by atomic mass is 32.1. The Morgan fingerprint density at radius 2 is 2.33 bits per heavy atom.